The van der Waals surface area contributed by atoms with Crippen LogP contribution in [0.3, 0.4) is 0 Å². The number of aromatic nitrogens is 4. The minimum Gasteiger partial charge on any atom is -0.497 e. The molecule has 0 aliphatic carbocycles. The van der Waals surface area contributed by atoms with Gasteiger partial charge in [-0.1, -0.05) is 41.2 Å². The van der Waals surface area contributed by atoms with Crippen molar-refractivity contribution in [2.45, 2.75) is 10.8 Å². The third-order valence-electron chi connectivity index (χ3n) is 3.68. The molecule has 2 heterocycles. The Morgan fingerprint density at radius 2 is 1.92 bits per heavy atom. The third kappa shape index (κ3) is 3.32. The van der Waals surface area contributed by atoms with Crippen LogP contribution in [0.1, 0.15) is 5.82 Å². The van der Waals surface area contributed by atoms with Crippen LogP contribution in [0, 0.1) is 0 Å². The lowest BCUT2D eigenvalue weighted by molar-refractivity contribution is 0.414. The highest BCUT2D eigenvalue weighted by molar-refractivity contribution is 7.98. The fourth-order valence-electron chi connectivity index (χ4n) is 2.40. The van der Waals surface area contributed by atoms with Gasteiger partial charge in [-0.05, 0) is 24.3 Å². The molecule has 4 rings (SSSR count). The molecular formula is C18H14N4O2S. The predicted octanol–water partition coefficient (Wildman–Crippen LogP) is 3.98. The van der Waals surface area contributed by atoms with E-state index in [0.717, 1.165) is 27.1 Å². The van der Waals surface area contributed by atoms with Crippen LogP contribution in [-0.4, -0.2) is 27.4 Å². The molecule has 0 N–H and O–H groups in total. The molecule has 124 valence electrons. The summed E-state index contributed by atoms with van der Waals surface area (Å²) < 4.78 is 10.5. The van der Waals surface area contributed by atoms with E-state index in [9.17, 15) is 0 Å². The van der Waals surface area contributed by atoms with E-state index in [0.29, 0.717) is 17.5 Å². The molecule has 0 bridgehead atoms. The highest BCUT2D eigenvalue weighted by Crippen LogP contribution is 2.27. The molecule has 0 spiro atoms. The van der Waals surface area contributed by atoms with E-state index >= 15 is 0 Å². The van der Waals surface area contributed by atoms with Gasteiger partial charge in [-0.2, -0.15) is 10.1 Å². The summed E-state index contributed by atoms with van der Waals surface area (Å²) in [5.41, 5.74) is 0.856. The van der Waals surface area contributed by atoms with Gasteiger partial charge in [0.15, 0.2) is 5.82 Å². The van der Waals surface area contributed by atoms with E-state index in [1.54, 1.807) is 13.3 Å². The van der Waals surface area contributed by atoms with Crippen molar-refractivity contribution >= 4 is 22.5 Å². The fourth-order valence-corrected chi connectivity index (χ4v) is 3.23. The van der Waals surface area contributed by atoms with Gasteiger partial charge in [0.2, 0.25) is 0 Å². The minimum atomic E-state index is 0.488. The average molecular weight is 350 g/mol. The smallest absolute Gasteiger partial charge is 0.257 e. The van der Waals surface area contributed by atoms with Gasteiger partial charge < -0.3 is 9.26 Å². The van der Waals surface area contributed by atoms with Crippen molar-refractivity contribution in [3.8, 4) is 17.2 Å². The Kier molecular flexibility index (Phi) is 4.30. The average Bonchev–Trinajstić information content (AvgIpc) is 3.15. The summed E-state index contributed by atoms with van der Waals surface area (Å²) in [4.78, 5) is 4.44. The molecule has 0 amide bonds. The second-order valence-corrected chi connectivity index (χ2v) is 6.23. The van der Waals surface area contributed by atoms with Gasteiger partial charge in [-0.25, -0.2) is 0 Å². The maximum Gasteiger partial charge on any atom is 0.257 e. The molecule has 0 fully saturated rings. The highest BCUT2D eigenvalue weighted by atomic mass is 32.2. The molecule has 0 atom stereocenters. The van der Waals surface area contributed by atoms with Crippen molar-refractivity contribution in [2.75, 3.05) is 7.11 Å². The predicted molar refractivity (Wildman–Crippen MR) is 95.4 cm³/mol. The van der Waals surface area contributed by atoms with Gasteiger partial charge in [0.1, 0.15) is 10.8 Å². The highest BCUT2D eigenvalue weighted by Gasteiger charge is 2.11. The van der Waals surface area contributed by atoms with Crippen molar-refractivity contribution in [1.29, 1.82) is 0 Å². The van der Waals surface area contributed by atoms with E-state index < -0.39 is 0 Å². The first-order valence-electron chi connectivity index (χ1n) is 7.64. The van der Waals surface area contributed by atoms with Crippen LogP contribution in [0.5, 0.6) is 5.75 Å². The topological polar surface area (TPSA) is 73.9 Å². The van der Waals surface area contributed by atoms with Crippen molar-refractivity contribution in [2.24, 2.45) is 0 Å². The van der Waals surface area contributed by atoms with Gasteiger partial charge in [-0.15, -0.1) is 5.10 Å². The minimum absolute atomic E-state index is 0.488. The summed E-state index contributed by atoms with van der Waals surface area (Å²) >= 11 is 1.54. The molecule has 25 heavy (non-hydrogen) atoms. The maximum atomic E-state index is 5.35. The van der Waals surface area contributed by atoms with E-state index in [4.69, 9.17) is 9.26 Å². The van der Waals surface area contributed by atoms with Crippen molar-refractivity contribution in [1.82, 2.24) is 20.3 Å². The van der Waals surface area contributed by atoms with Crippen LogP contribution in [0.4, 0.5) is 0 Å². The zero-order valence-electron chi connectivity index (χ0n) is 13.4. The van der Waals surface area contributed by atoms with Crippen molar-refractivity contribution in [3.05, 3.63) is 60.6 Å². The first-order chi connectivity index (χ1) is 12.3. The number of nitrogens with zero attached hydrogens (tertiary/aromatic N) is 4. The molecule has 0 saturated carbocycles. The lowest BCUT2D eigenvalue weighted by Gasteiger charge is -2.02. The van der Waals surface area contributed by atoms with Crippen molar-refractivity contribution in [3.63, 3.8) is 0 Å². The molecule has 0 unspecified atom stereocenters. The van der Waals surface area contributed by atoms with Crippen LogP contribution in [0.25, 0.3) is 22.2 Å². The van der Waals surface area contributed by atoms with Gasteiger partial charge in [0, 0.05) is 16.3 Å². The number of hydrogen-bond acceptors (Lipinski definition) is 7. The van der Waals surface area contributed by atoms with Gasteiger partial charge >= 0.3 is 0 Å². The fraction of sp³-hybridized carbons (Fsp3) is 0.111. The first-order valence-corrected chi connectivity index (χ1v) is 8.62. The molecular weight excluding hydrogens is 336 g/mol. The number of rotatable bonds is 5. The SMILES string of the molecule is COc1ccc(-c2nc(CSc3nncc4ccccc34)no2)cc1. The number of hydrogen-bond donors (Lipinski definition) is 0. The zero-order valence-corrected chi connectivity index (χ0v) is 14.2. The number of benzene rings is 2. The Morgan fingerprint density at radius 1 is 1.08 bits per heavy atom. The van der Waals surface area contributed by atoms with Crippen LogP contribution < -0.4 is 4.74 Å². The Balaban J connectivity index is 1.51. The number of methoxy groups -OCH3 is 1. The lowest BCUT2D eigenvalue weighted by Crippen LogP contribution is -1.90. The summed E-state index contributed by atoms with van der Waals surface area (Å²) in [6, 6.07) is 15.5. The number of fused-ring (bicyclic) bond motifs is 1. The lowest BCUT2D eigenvalue weighted by atomic mass is 10.2. The molecule has 7 heteroatoms. The monoisotopic (exact) mass is 350 g/mol. The second-order valence-electron chi connectivity index (χ2n) is 5.27. The Hall–Kier alpha value is -2.93. The van der Waals surface area contributed by atoms with Crippen molar-refractivity contribution < 1.29 is 9.26 Å². The Morgan fingerprint density at radius 3 is 2.76 bits per heavy atom. The van der Waals surface area contributed by atoms with E-state index in [1.165, 1.54) is 11.8 Å². The maximum absolute atomic E-state index is 5.35. The molecule has 4 aromatic rings. The molecule has 0 saturated heterocycles. The molecule has 0 aliphatic heterocycles. The second kappa shape index (κ2) is 6.90. The van der Waals surface area contributed by atoms with Crippen LogP contribution in [0.2, 0.25) is 0 Å². The van der Waals surface area contributed by atoms with Crippen LogP contribution in [-0.2, 0) is 5.75 Å². The van der Waals surface area contributed by atoms with Crippen LogP contribution >= 0.6 is 11.8 Å². The normalized spacial score (nSPS) is 10.9. The molecule has 0 radical (unpaired) electrons. The van der Waals surface area contributed by atoms with Gasteiger partial charge in [-0.3, -0.25) is 0 Å². The standard InChI is InChI=1S/C18H14N4O2S/c1-23-14-8-6-12(7-9-14)17-20-16(22-24-17)11-25-18-15-5-3-2-4-13(15)10-19-21-18/h2-10H,11H2,1H3. The largest absolute Gasteiger partial charge is 0.497 e. The van der Waals surface area contributed by atoms with E-state index in [-0.39, 0.29) is 0 Å². The summed E-state index contributed by atoms with van der Waals surface area (Å²) in [6.45, 7) is 0. The van der Waals surface area contributed by atoms with E-state index in [2.05, 4.69) is 20.3 Å². The molecule has 0 aliphatic rings. The zero-order chi connectivity index (χ0) is 17.1. The van der Waals surface area contributed by atoms with E-state index in [1.807, 2.05) is 48.5 Å². The summed E-state index contributed by atoms with van der Waals surface area (Å²) in [7, 11) is 1.63. The van der Waals surface area contributed by atoms with Gasteiger partial charge in [0.05, 0.1) is 19.1 Å². The Labute approximate surface area is 148 Å². The summed E-state index contributed by atoms with van der Waals surface area (Å²) in [5, 5.41) is 15.3. The van der Waals surface area contributed by atoms with Gasteiger partial charge in [0.25, 0.3) is 5.89 Å². The third-order valence-corrected chi connectivity index (χ3v) is 4.66. The molecule has 2 aromatic carbocycles. The first kappa shape index (κ1) is 15.6. The number of thioether (sulfide) groups is 1. The quantitative estimate of drug-likeness (QED) is 0.504. The number of ether oxygens (including phenoxy) is 1. The Bertz CT molecular complexity index is 996. The molecule has 2 aromatic heterocycles. The van der Waals surface area contributed by atoms with Crippen LogP contribution in [0.15, 0.2) is 64.3 Å². The summed E-state index contributed by atoms with van der Waals surface area (Å²) in [5.74, 6) is 2.45. The summed E-state index contributed by atoms with van der Waals surface area (Å²) in [6.07, 6.45) is 1.76. The molecule has 6 nitrogen and oxygen atoms in total.